The Morgan fingerprint density at radius 2 is 1.96 bits per heavy atom. The molecular weight excluding hydrogens is 322 g/mol. The third-order valence-corrected chi connectivity index (χ3v) is 6.03. The van der Waals surface area contributed by atoms with Gasteiger partial charge in [-0.1, -0.05) is 6.42 Å². The van der Waals surface area contributed by atoms with Gasteiger partial charge in [0.1, 0.15) is 23.0 Å². The zero-order valence-electron chi connectivity index (χ0n) is 13.4. The van der Waals surface area contributed by atoms with Gasteiger partial charge in [-0.15, -0.1) is 21.5 Å². The highest BCUT2D eigenvalue weighted by Crippen LogP contribution is 2.40. The van der Waals surface area contributed by atoms with Crippen molar-refractivity contribution in [3.63, 3.8) is 0 Å². The highest BCUT2D eigenvalue weighted by atomic mass is 32.1. The molecule has 5 rings (SSSR count). The number of nitrogens with zero attached hydrogens (tertiary/aromatic N) is 5. The Kier molecular flexibility index (Phi) is 3.47. The zero-order valence-corrected chi connectivity index (χ0v) is 14.2. The molecule has 1 atom stereocenters. The van der Waals surface area contributed by atoms with Crippen molar-refractivity contribution >= 4 is 27.4 Å². The minimum Gasteiger partial charge on any atom is -0.423 e. The van der Waals surface area contributed by atoms with Crippen LogP contribution in [0.25, 0.3) is 10.2 Å². The van der Waals surface area contributed by atoms with E-state index in [1.165, 1.54) is 25.7 Å². The van der Waals surface area contributed by atoms with Crippen LogP contribution in [-0.4, -0.2) is 26.7 Å². The number of rotatable bonds is 3. The summed E-state index contributed by atoms with van der Waals surface area (Å²) in [5, 5.41) is 11.9. The molecule has 3 aromatic rings. The van der Waals surface area contributed by atoms with Crippen molar-refractivity contribution in [2.75, 3.05) is 11.4 Å². The van der Waals surface area contributed by atoms with E-state index in [-0.39, 0.29) is 6.04 Å². The number of aromatic nitrogens is 4. The molecule has 1 saturated carbocycles. The second-order valence-corrected chi connectivity index (χ2v) is 7.54. The van der Waals surface area contributed by atoms with Gasteiger partial charge in [0, 0.05) is 12.5 Å². The van der Waals surface area contributed by atoms with Crippen LogP contribution in [0.4, 0.5) is 5.82 Å². The molecule has 2 aliphatic rings. The summed E-state index contributed by atoms with van der Waals surface area (Å²) >= 11 is 1.65. The average molecular weight is 341 g/mol. The molecule has 3 aromatic heterocycles. The number of hydrogen-bond donors (Lipinski definition) is 0. The summed E-state index contributed by atoms with van der Waals surface area (Å²) in [6.45, 7) is 0.966. The second-order valence-electron chi connectivity index (χ2n) is 6.65. The second kappa shape index (κ2) is 5.81. The van der Waals surface area contributed by atoms with Gasteiger partial charge in [-0.2, -0.15) is 0 Å². The van der Waals surface area contributed by atoms with Crippen LogP contribution >= 0.6 is 11.3 Å². The third-order valence-electron chi connectivity index (χ3n) is 5.21. The van der Waals surface area contributed by atoms with Gasteiger partial charge in [-0.05, 0) is 43.6 Å². The van der Waals surface area contributed by atoms with Crippen LogP contribution in [0.5, 0.6) is 0 Å². The van der Waals surface area contributed by atoms with Gasteiger partial charge in [0.2, 0.25) is 11.8 Å². The highest BCUT2D eigenvalue weighted by molar-refractivity contribution is 7.16. The standard InChI is InChI=1S/C17H19N5OS/c1-2-8-22(14-12-7-9-24-17(12)19-10-18-14)13(6-1)16-21-20-15(23-16)11-4-3-5-11/h7,9-11,13H,1-6,8H2. The number of fused-ring (bicyclic) bond motifs is 1. The van der Waals surface area contributed by atoms with E-state index in [2.05, 4.69) is 36.5 Å². The Labute approximate surface area is 143 Å². The molecule has 1 saturated heterocycles. The van der Waals surface area contributed by atoms with Crippen molar-refractivity contribution < 1.29 is 4.42 Å². The van der Waals surface area contributed by atoms with Crippen molar-refractivity contribution in [1.29, 1.82) is 0 Å². The molecule has 1 aliphatic carbocycles. The lowest BCUT2D eigenvalue weighted by molar-refractivity contribution is 0.305. The molecule has 0 amide bonds. The molecule has 1 aliphatic heterocycles. The molecule has 0 radical (unpaired) electrons. The van der Waals surface area contributed by atoms with Crippen LogP contribution in [0, 0.1) is 0 Å². The van der Waals surface area contributed by atoms with E-state index < -0.39 is 0 Å². The molecule has 1 unspecified atom stereocenters. The fourth-order valence-electron chi connectivity index (χ4n) is 3.65. The number of anilines is 1. The van der Waals surface area contributed by atoms with Gasteiger partial charge in [0.25, 0.3) is 0 Å². The molecular formula is C17H19N5OS. The van der Waals surface area contributed by atoms with Gasteiger partial charge < -0.3 is 9.32 Å². The summed E-state index contributed by atoms with van der Waals surface area (Å²) in [5.74, 6) is 3.05. The van der Waals surface area contributed by atoms with E-state index in [0.717, 1.165) is 47.2 Å². The van der Waals surface area contributed by atoms with Crippen molar-refractivity contribution in [2.24, 2.45) is 0 Å². The predicted molar refractivity (Wildman–Crippen MR) is 92.2 cm³/mol. The summed E-state index contributed by atoms with van der Waals surface area (Å²) in [6, 6.07) is 2.23. The highest BCUT2D eigenvalue weighted by Gasteiger charge is 2.32. The molecule has 0 N–H and O–H groups in total. The van der Waals surface area contributed by atoms with Gasteiger partial charge in [0.05, 0.1) is 5.39 Å². The zero-order chi connectivity index (χ0) is 15.9. The summed E-state index contributed by atoms with van der Waals surface area (Å²) in [4.78, 5) is 12.3. The third kappa shape index (κ3) is 2.30. The first-order valence-electron chi connectivity index (χ1n) is 8.68. The minimum absolute atomic E-state index is 0.123. The minimum atomic E-state index is 0.123. The van der Waals surface area contributed by atoms with Crippen LogP contribution in [-0.2, 0) is 0 Å². The molecule has 6 nitrogen and oxygen atoms in total. The van der Waals surface area contributed by atoms with E-state index in [9.17, 15) is 0 Å². The Bertz CT molecular complexity index is 855. The van der Waals surface area contributed by atoms with Crippen LogP contribution in [0.3, 0.4) is 0 Å². The Morgan fingerprint density at radius 3 is 2.83 bits per heavy atom. The van der Waals surface area contributed by atoms with E-state index in [1.807, 2.05) is 0 Å². The smallest absolute Gasteiger partial charge is 0.238 e. The number of hydrogen-bond acceptors (Lipinski definition) is 7. The fraction of sp³-hybridized carbons (Fsp3) is 0.529. The molecule has 4 heterocycles. The molecule has 124 valence electrons. The van der Waals surface area contributed by atoms with Crippen molar-refractivity contribution in [1.82, 2.24) is 20.2 Å². The van der Waals surface area contributed by atoms with E-state index in [1.54, 1.807) is 17.7 Å². The molecule has 0 bridgehead atoms. The van der Waals surface area contributed by atoms with E-state index in [4.69, 9.17) is 4.42 Å². The van der Waals surface area contributed by atoms with Crippen molar-refractivity contribution in [3.8, 4) is 0 Å². The van der Waals surface area contributed by atoms with Gasteiger partial charge in [-0.25, -0.2) is 9.97 Å². The van der Waals surface area contributed by atoms with Gasteiger partial charge >= 0.3 is 0 Å². The van der Waals surface area contributed by atoms with Gasteiger partial charge in [-0.3, -0.25) is 0 Å². The Balaban J connectivity index is 1.51. The van der Waals surface area contributed by atoms with E-state index in [0.29, 0.717) is 5.92 Å². The Morgan fingerprint density at radius 1 is 1.04 bits per heavy atom. The first-order chi connectivity index (χ1) is 11.9. The maximum absolute atomic E-state index is 6.07. The average Bonchev–Trinajstić information content (AvgIpc) is 3.22. The van der Waals surface area contributed by atoms with Crippen LogP contribution in [0.15, 0.2) is 22.2 Å². The quantitative estimate of drug-likeness (QED) is 0.715. The SMILES string of the molecule is c1nc(N2CCCCC2c2nnc(C3CCC3)o2)c2ccsc2n1. The van der Waals surface area contributed by atoms with Gasteiger partial charge in [0.15, 0.2) is 0 Å². The van der Waals surface area contributed by atoms with Crippen LogP contribution in [0.1, 0.15) is 62.3 Å². The monoisotopic (exact) mass is 341 g/mol. The first-order valence-corrected chi connectivity index (χ1v) is 9.56. The largest absolute Gasteiger partial charge is 0.423 e. The molecule has 0 aromatic carbocycles. The summed E-state index contributed by atoms with van der Waals surface area (Å²) in [6.07, 6.45) is 8.66. The predicted octanol–water partition coefficient (Wildman–Crippen LogP) is 4.07. The normalized spacial score (nSPS) is 22.0. The van der Waals surface area contributed by atoms with Crippen molar-refractivity contribution in [2.45, 2.75) is 50.5 Å². The summed E-state index contributed by atoms with van der Waals surface area (Å²) in [7, 11) is 0. The van der Waals surface area contributed by atoms with Crippen LogP contribution < -0.4 is 4.90 Å². The lowest BCUT2D eigenvalue weighted by Gasteiger charge is -2.34. The van der Waals surface area contributed by atoms with E-state index >= 15 is 0 Å². The molecule has 24 heavy (non-hydrogen) atoms. The van der Waals surface area contributed by atoms with Crippen molar-refractivity contribution in [3.05, 3.63) is 29.6 Å². The Hall–Kier alpha value is -2.02. The fourth-order valence-corrected chi connectivity index (χ4v) is 4.38. The number of piperidine rings is 1. The van der Waals surface area contributed by atoms with Crippen LogP contribution in [0.2, 0.25) is 0 Å². The lowest BCUT2D eigenvalue weighted by Crippen LogP contribution is -2.34. The summed E-state index contributed by atoms with van der Waals surface area (Å²) in [5.41, 5.74) is 0. The number of thiophene rings is 1. The lowest BCUT2D eigenvalue weighted by atomic mass is 9.85. The topological polar surface area (TPSA) is 67.9 Å². The maximum atomic E-state index is 6.07. The molecule has 7 heteroatoms. The molecule has 2 fully saturated rings. The first kappa shape index (κ1) is 14.3. The summed E-state index contributed by atoms with van der Waals surface area (Å²) < 4.78 is 6.07. The molecule has 0 spiro atoms. The maximum Gasteiger partial charge on any atom is 0.238 e.